The molecular weight excluding hydrogens is 563 g/mol. The molecule has 0 aliphatic carbocycles. The van der Waals surface area contributed by atoms with Crippen LogP contribution in [-0.4, -0.2) is 29.3 Å². The van der Waals surface area contributed by atoms with Crippen molar-refractivity contribution in [2.45, 2.75) is 53.6 Å². The second kappa shape index (κ2) is 14.9. The van der Waals surface area contributed by atoms with Gasteiger partial charge in [-0.25, -0.2) is 0 Å². The van der Waals surface area contributed by atoms with Crippen LogP contribution in [0.3, 0.4) is 0 Å². The van der Waals surface area contributed by atoms with Gasteiger partial charge in [-0.15, -0.1) is 0 Å². The summed E-state index contributed by atoms with van der Waals surface area (Å²) in [7, 11) is 0. The van der Waals surface area contributed by atoms with Gasteiger partial charge in [0.2, 0.25) is 0 Å². The van der Waals surface area contributed by atoms with Gasteiger partial charge in [0.15, 0.2) is 5.78 Å². The number of hydrogen-bond acceptors (Lipinski definition) is 2. The molecule has 0 saturated carbocycles. The first kappa shape index (κ1) is 29.0. The summed E-state index contributed by atoms with van der Waals surface area (Å²) in [5.41, 5.74) is 0.544. The lowest BCUT2D eigenvalue weighted by molar-refractivity contribution is 0.101. The monoisotopic (exact) mass is 589 g/mol. The predicted molar refractivity (Wildman–Crippen MR) is 138 cm³/mol. The summed E-state index contributed by atoms with van der Waals surface area (Å²) in [6.45, 7) is 13.8. The van der Waals surface area contributed by atoms with E-state index in [9.17, 15) is 4.79 Å². The van der Waals surface area contributed by atoms with Crippen LogP contribution in [0, 0.1) is 3.57 Å². The molecule has 0 spiro atoms. The lowest BCUT2D eigenvalue weighted by Crippen LogP contribution is -2.36. The molecule has 0 radical (unpaired) electrons. The minimum Gasteiger partial charge on any atom is -0.299 e. The summed E-state index contributed by atoms with van der Waals surface area (Å²) in [6, 6.07) is 11.6. The van der Waals surface area contributed by atoms with Gasteiger partial charge in [-0.1, -0.05) is 53.3 Å². The van der Waals surface area contributed by atoms with Gasteiger partial charge in [-0.3, -0.25) is 9.69 Å². The largest absolute Gasteiger partial charge is 0.299 e. The van der Waals surface area contributed by atoms with E-state index in [1.54, 1.807) is 24.3 Å². The number of ketones is 1. The van der Waals surface area contributed by atoms with Crippen LogP contribution in [0.25, 0.3) is 0 Å². The second-order valence-corrected chi connectivity index (χ2v) is 9.81. The molecule has 0 bridgehead atoms. The van der Waals surface area contributed by atoms with Crippen molar-refractivity contribution in [1.82, 2.24) is 4.90 Å². The Kier molecular flexibility index (Phi) is 14.9. The number of nitrogens with zero attached hydrogens (tertiary/aromatic N) is 1. The zero-order valence-corrected chi connectivity index (χ0v) is 22.8. The number of rotatable bonds is 4. The van der Waals surface area contributed by atoms with Gasteiger partial charge in [0, 0.05) is 41.3 Å². The third-order valence-corrected chi connectivity index (χ3v) is 5.28. The molecule has 0 atom stereocenters. The van der Waals surface area contributed by atoms with E-state index in [1.165, 1.54) is 6.92 Å². The molecule has 2 nitrogen and oxygen atoms in total. The summed E-state index contributed by atoms with van der Waals surface area (Å²) >= 11 is 24.8. The van der Waals surface area contributed by atoms with Crippen molar-refractivity contribution < 1.29 is 4.79 Å². The molecule has 2 rings (SSSR count). The molecule has 0 aromatic heterocycles. The summed E-state index contributed by atoms with van der Waals surface area (Å²) < 4.78 is 1.06. The van der Waals surface area contributed by atoms with E-state index < -0.39 is 0 Å². The Morgan fingerprint density at radius 1 is 0.828 bits per heavy atom. The first-order chi connectivity index (χ1) is 13.4. The smallest absolute Gasteiger partial charge is 0.159 e. The molecule has 0 unspecified atom stereocenters. The minimum absolute atomic E-state index is 0.0330. The van der Waals surface area contributed by atoms with Crippen LogP contribution in [0.2, 0.25) is 20.1 Å². The van der Waals surface area contributed by atoms with Crippen LogP contribution in [0.5, 0.6) is 0 Å². The van der Waals surface area contributed by atoms with Crippen LogP contribution < -0.4 is 0 Å². The first-order valence-electron chi connectivity index (χ1n) is 9.21. The van der Waals surface area contributed by atoms with Crippen LogP contribution in [-0.2, 0) is 0 Å². The van der Waals surface area contributed by atoms with Gasteiger partial charge in [0.25, 0.3) is 0 Å². The first-order valence-corrected chi connectivity index (χ1v) is 11.8. The second-order valence-electron chi connectivity index (χ2n) is 6.82. The number of halogens is 5. The van der Waals surface area contributed by atoms with E-state index in [1.807, 2.05) is 12.1 Å². The normalized spacial score (nSPS) is 10.4. The molecule has 0 aliphatic rings. The number of carbonyl (C=O) groups excluding carboxylic acids is 1. The molecule has 2 aromatic carbocycles. The summed E-state index contributed by atoms with van der Waals surface area (Å²) in [6.07, 6.45) is 0. The van der Waals surface area contributed by atoms with Crippen molar-refractivity contribution in [3.05, 3.63) is 65.6 Å². The molecule has 0 heterocycles. The van der Waals surface area contributed by atoms with E-state index in [4.69, 9.17) is 46.4 Å². The van der Waals surface area contributed by atoms with Crippen molar-refractivity contribution in [1.29, 1.82) is 0 Å². The van der Waals surface area contributed by atoms with E-state index in [0.29, 0.717) is 37.7 Å². The Morgan fingerprint density at radius 3 is 1.38 bits per heavy atom. The minimum atomic E-state index is -0.0330. The van der Waals surface area contributed by atoms with Crippen LogP contribution in [0.4, 0.5) is 0 Å². The molecular formula is C22H28Cl4INO. The zero-order chi connectivity index (χ0) is 22.7. The van der Waals surface area contributed by atoms with Gasteiger partial charge >= 0.3 is 0 Å². The average Bonchev–Trinajstić information content (AvgIpc) is 2.53. The molecule has 0 aliphatic heterocycles. The Balaban J connectivity index is 0.000000409. The number of carbonyl (C=O) groups is 1. The molecule has 29 heavy (non-hydrogen) atoms. The van der Waals surface area contributed by atoms with Gasteiger partial charge in [-0.2, -0.15) is 0 Å². The zero-order valence-electron chi connectivity index (χ0n) is 17.6. The molecule has 0 N–H and O–H groups in total. The average molecular weight is 591 g/mol. The van der Waals surface area contributed by atoms with Gasteiger partial charge < -0.3 is 0 Å². The molecule has 162 valence electrons. The number of Topliss-reactive ketones (excluding diaryl/α,β-unsaturated/α-hetero) is 1. The summed E-state index contributed by atoms with van der Waals surface area (Å²) in [5, 5.41) is 2.35. The van der Waals surface area contributed by atoms with E-state index in [2.05, 4.69) is 62.1 Å². The molecule has 0 saturated heterocycles. The topological polar surface area (TPSA) is 20.3 Å². The van der Waals surface area contributed by atoms with Crippen molar-refractivity contribution in [2.24, 2.45) is 0 Å². The highest BCUT2D eigenvalue weighted by molar-refractivity contribution is 14.1. The Morgan fingerprint density at radius 2 is 1.17 bits per heavy atom. The quantitative estimate of drug-likeness (QED) is 0.262. The number of benzene rings is 2. The van der Waals surface area contributed by atoms with Gasteiger partial charge in [-0.05, 0) is 100 Å². The highest BCUT2D eigenvalue weighted by Gasteiger charge is 2.09. The fourth-order valence-electron chi connectivity index (χ4n) is 2.60. The maximum Gasteiger partial charge on any atom is 0.159 e. The maximum atomic E-state index is 10.8. The van der Waals surface area contributed by atoms with Crippen LogP contribution >= 0.6 is 69.0 Å². The third kappa shape index (κ3) is 13.1. The molecule has 7 heteroatoms. The van der Waals surface area contributed by atoms with Crippen LogP contribution in [0.1, 0.15) is 51.9 Å². The maximum absolute atomic E-state index is 10.8. The van der Waals surface area contributed by atoms with E-state index >= 15 is 0 Å². The predicted octanol–water partition coefficient (Wildman–Crippen LogP) is 8.92. The third-order valence-electron chi connectivity index (χ3n) is 3.79. The lowest BCUT2D eigenvalue weighted by Gasteiger charge is -2.28. The molecule has 2 aromatic rings. The van der Waals surface area contributed by atoms with Gasteiger partial charge in [0.1, 0.15) is 0 Å². The highest BCUT2D eigenvalue weighted by atomic mass is 127. The van der Waals surface area contributed by atoms with Crippen molar-refractivity contribution >= 4 is 74.8 Å². The van der Waals surface area contributed by atoms with Crippen molar-refractivity contribution in [3.63, 3.8) is 0 Å². The van der Waals surface area contributed by atoms with Crippen molar-refractivity contribution in [3.8, 4) is 0 Å². The molecule has 0 fully saturated rings. The highest BCUT2D eigenvalue weighted by Crippen LogP contribution is 2.20. The van der Waals surface area contributed by atoms with Crippen molar-refractivity contribution in [2.75, 3.05) is 6.54 Å². The SMILES string of the molecule is CC(=O)c1cc(Cl)cc(Cl)c1.CCN(C(C)C)C(C)C.Clc1cc(Cl)cc(I)c1. The summed E-state index contributed by atoms with van der Waals surface area (Å²) in [4.78, 5) is 13.3. The van der Waals surface area contributed by atoms with Gasteiger partial charge in [0.05, 0.1) is 0 Å². The lowest BCUT2D eigenvalue weighted by atomic mass is 10.1. The summed E-state index contributed by atoms with van der Waals surface area (Å²) in [5.74, 6) is -0.0330. The Hall–Kier alpha value is -0.0400. The van der Waals surface area contributed by atoms with Crippen LogP contribution in [0.15, 0.2) is 36.4 Å². The Bertz CT molecular complexity index is 703. The van der Waals surface area contributed by atoms with E-state index in [0.717, 1.165) is 10.1 Å². The molecule has 0 amide bonds. The van der Waals surface area contributed by atoms with E-state index in [-0.39, 0.29) is 5.78 Å². The standard InChI is InChI=1S/C8H6Cl2O.C8H19N.C6H3Cl2I/c1-5(11)6-2-7(9)4-8(10)3-6;1-6-9(7(2)3)8(4)5;7-4-1-5(8)3-6(9)2-4/h2-4H,1H3;7-8H,6H2,1-5H3;1-3H. The fourth-order valence-corrected chi connectivity index (χ4v) is 4.70. The number of hydrogen-bond donors (Lipinski definition) is 0. The fraction of sp³-hybridized carbons (Fsp3) is 0.409. The Labute approximate surface area is 209 Å².